The fraction of sp³-hybridized carbons (Fsp3) is 0.211. The molecule has 27 heavy (non-hydrogen) atoms. The Kier molecular flexibility index (Phi) is 4.15. The van der Waals surface area contributed by atoms with Crippen LogP contribution in [0.5, 0.6) is 5.75 Å². The van der Waals surface area contributed by atoms with Crippen molar-refractivity contribution in [2.75, 3.05) is 18.6 Å². The lowest BCUT2D eigenvalue weighted by Crippen LogP contribution is -2.41. The fourth-order valence-corrected chi connectivity index (χ4v) is 3.51. The number of nitrogens with two attached hydrogens (primary N) is 1. The molecule has 138 valence electrons. The van der Waals surface area contributed by atoms with Gasteiger partial charge >= 0.3 is 12.1 Å². The number of primary amides is 1. The summed E-state index contributed by atoms with van der Waals surface area (Å²) >= 11 is 0. The van der Waals surface area contributed by atoms with E-state index in [0.29, 0.717) is 29.6 Å². The maximum absolute atomic E-state index is 12.4. The Hall–Kier alpha value is -3.55. The topological polar surface area (TPSA) is 99.7 Å². The molecule has 1 aliphatic heterocycles. The van der Waals surface area contributed by atoms with Crippen LogP contribution in [0, 0.1) is 0 Å². The first-order chi connectivity index (χ1) is 13.1. The van der Waals surface area contributed by atoms with Crippen LogP contribution in [0.25, 0.3) is 10.9 Å². The van der Waals surface area contributed by atoms with E-state index in [0.717, 1.165) is 16.0 Å². The summed E-state index contributed by atoms with van der Waals surface area (Å²) < 4.78 is 11.6. The van der Waals surface area contributed by atoms with Gasteiger partial charge in [0.15, 0.2) is 0 Å². The van der Waals surface area contributed by atoms with E-state index in [1.165, 1.54) is 18.2 Å². The smallest absolute Gasteiger partial charge is 0.434 e. The van der Waals surface area contributed by atoms with E-state index in [1.807, 2.05) is 24.3 Å². The number of fused-ring (bicyclic) bond motifs is 2. The van der Waals surface area contributed by atoms with Gasteiger partial charge in [0.1, 0.15) is 5.75 Å². The Bertz CT molecular complexity index is 1030. The third kappa shape index (κ3) is 2.75. The molecular formula is C19H18N4O4. The van der Waals surface area contributed by atoms with Gasteiger partial charge in [0, 0.05) is 17.4 Å². The molecule has 8 heteroatoms. The number of methoxy groups -OCH3 is 1. The first kappa shape index (κ1) is 16.9. The van der Waals surface area contributed by atoms with Gasteiger partial charge in [0.2, 0.25) is 0 Å². The van der Waals surface area contributed by atoms with Crippen molar-refractivity contribution in [2.45, 2.75) is 12.5 Å². The Morgan fingerprint density at radius 3 is 2.85 bits per heavy atom. The zero-order chi connectivity index (χ0) is 19.0. The van der Waals surface area contributed by atoms with E-state index in [-0.39, 0.29) is 6.04 Å². The quantitative estimate of drug-likeness (QED) is 0.751. The zero-order valence-corrected chi connectivity index (χ0v) is 14.7. The number of aromatic nitrogens is 2. The number of amides is 2. The predicted octanol–water partition coefficient (Wildman–Crippen LogP) is 3.06. The molecule has 0 saturated heterocycles. The van der Waals surface area contributed by atoms with Gasteiger partial charge in [-0.1, -0.05) is 24.3 Å². The number of urea groups is 1. The van der Waals surface area contributed by atoms with Crippen molar-refractivity contribution < 1.29 is 19.1 Å². The molecule has 0 spiro atoms. The van der Waals surface area contributed by atoms with Gasteiger partial charge in [-0.2, -0.15) is 9.78 Å². The Balaban J connectivity index is 1.86. The van der Waals surface area contributed by atoms with Gasteiger partial charge in [-0.05, 0) is 18.2 Å². The molecule has 1 atom stereocenters. The number of ether oxygens (including phenoxy) is 2. The summed E-state index contributed by atoms with van der Waals surface area (Å²) in [5.74, 6) is 0.734. The second kappa shape index (κ2) is 6.64. The van der Waals surface area contributed by atoms with Crippen molar-refractivity contribution in [3.8, 4) is 5.75 Å². The lowest BCUT2D eigenvalue weighted by Gasteiger charge is -2.35. The van der Waals surface area contributed by atoms with E-state index < -0.39 is 12.1 Å². The Morgan fingerprint density at radius 2 is 2.07 bits per heavy atom. The minimum absolute atomic E-state index is 0.278. The molecule has 1 aliphatic rings. The van der Waals surface area contributed by atoms with Crippen LogP contribution < -0.4 is 15.4 Å². The van der Waals surface area contributed by atoms with Gasteiger partial charge in [-0.15, -0.1) is 0 Å². The van der Waals surface area contributed by atoms with E-state index in [4.69, 9.17) is 15.2 Å². The lowest BCUT2D eigenvalue weighted by atomic mass is 9.98. The van der Waals surface area contributed by atoms with Crippen LogP contribution in [-0.2, 0) is 4.74 Å². The minimum atomic E-state index is -0.607. The maximum Gasteiger partial charge on any atom is 0.434 e. The molecule has 0 saturated carbocycles. The highest BCUT2D eigenvalue weighted by molar-refractivity contribution is 6.03. The second-order valence-corrected chi connectivity index (χ2v) is 6.14. The summed E-state index contributed by atoms with van der Waals surface area (Å²) in [5.41, 5.74) is 7.77. The van der Waals surface area contributed by atoms with Gasteiger partial charge in [0.05, 0.1) is 37.2 Å². The normalized spacial score (nSPS) is 15.7. The molecule has 3 aromatic rings. The van der Waals surface area contributed by atoms with Crippen LogP contribution >= 0.6 is 0 Å². The predicted molar refractivity (Wildman–Crippen MR) is 98.9 cm³/mol. The summed E-state index contributed by atoms with van der Waals surface area (Å²) in [5, 5.41) is 4.73. The SMILES string of the molecule is COC(=O)n1ncc2c(N(C(N)=O)C3CCOc4ccccc43)cccc21. The monoisotopic (exact) mass is 366 g/mol. The molecule has 2 N–H and O–H groups in total. The van der Waals surface area contributed by atoms with Gasteiger partial charge in [-0.25, -0.2) is 9.59 Å². The van der Waals surface area contributed by atoms with Crippen LogP contribution in [0.1, 0.15) is 18.0 Å². The number of rotatable bonds is 2. The molecule has 0 radical (unpaired) electrons. The molecular weight excluding hydrogens is 348 g/mol. The van der Waals surface area contributed by atoms with Crippen molar-refractivity contribution in [3.05, 3.63) is 54.2 Å². The third-order valence-electron chi connectivity index (χ3n) is 4.67. The number of hydrogen-bond donors (Lipinski definition) is 1. The molecule has 2 amide bonds. The number of anilines is 1. The number of hydrogen-bond acceptors (Lipinski definition) is 5. The summed E-state index contributed by atoms with van der Waals surface area (Å²) in [4.78, 5) is 25.9. The molecule has 1 unspecified atom stereocenters. The van der Waals surface area contributed by atoms with Crippen LogP contribution in [0.2, 0.25) is 0 Å². The highest BCUT2D eigenvalue weighted by Crippen LogP contribution is 2.40. The van der Waals surface area contributed by atoms with Gasteiger partial charge < -0.3 is 15.2 Å². The Morgan fingerprint density at radius 1 is 1.26 bits per heavy atom. The van der Waals surface area contributed by atoms with Crippen molar-refractivity contribution in [1.82, 2.24) is 9.78 Å². The summed E-state index contributed by atoms with van der Waals surface area (Å²) in [7, 11) is 1.29. The largest absolute Gasteiger partial charge is 0.493 e. The number of nitrogens with zero attached hydrogens (tertiary/aromatic N) is 3. The maximum atomic E-state index is 12.4. The first-order valence-corrected chi connectivity index (χ1v) is 8.47. The zero-order valence-electron chi connectivity index (χ0n) is 14.7. The van der Waals surface area contributed by atoms with E-state index in [1.54, 1.807) is 18.2 Å². The van der Waals surface area contributed by atoms with Crippen LogP contribution in [0.4, 0.5) is 15.3 Å². The molecule has 2 heterocycles. The molecule has 4 rings (SSSR count). The molecule has 8 nitrogen and oxygen atoms in total. The van der Waals surface area contributed by atoms with Crippen molar-refractivity contribution in [3.63, 3.8) is 0 Å². The number of carbonyl (C=O) groups excluding carboxylic acids is 2. The highest BCUT2D eigenvalue weighted by Gasteiger charge is 2.31. The van der Waals surface area contributed by atoms with E-state index >= 15 is 0 Å². The van der Waals surface area contributed by atoms with E-state index in [9.17, 15) is 9.59 Å². The number of para-hydroxylation sites is 1. The summed E-state index contributed by atoms with van der Waals surface area (Å²) in [6, 6.07) is 12.0. The standard InChI is InChI=1S/C19H18N4O4/c1-26-19(25)23-16-7-4-6-14(13(16)11-21-23)22(18(20)24)15-9-10-27-17-8-3-2-5-12(15)17/h2-8,11,15H,9-10H2,1H3,(H2,20,24). The van der Waals surface area contributed by atoms with Gasteiger partial charge in [-0.3, -0.25) is 4.90 Å². The van der Waals surface area contributed by atoms with Crippen molar-refractivity contribution in [1.29, 1.82) is 0 Å². The average Bonchev–Trinajstić information content (AvgIpc) is 3.12. The van der Waals surface area contributed by atoms with Crippen molar-refractivity contribution >= 4 is 28.7 Å². The third-order valence-corrected chi connectivity index (χ3v) is 4.67. The molecule has 0 bridgehead atoms. The van der Waals surface area contributed by atoms with Gasteiger partial charge in [0.25, 0.3) is 0 Å². The van der Waals surface area contributed by atoms with Crippen molar-refractivity contribution in [2.24, 2.45) is 5.73 Å². The molecule has 0 aliphatic carbocycles. The number of carbonyl (C=O) groups is 2. The fourth-order valence-electron chi connectivity index (χ4n) is 3.51. The highest BCUT2D eigenvalue weighted by atomic mass is 16.5. The van der Waals surface area contributed by atoms with Crippen LogP contribution in [0.3, 0.4) is 0 Å². The van der Waals surface area contributed by atoms with Crippen LogP contribution in [0.15, 0.2) is 48.7 Å². The average molecular weight is 366 g/mol. The Labute approximate surface area is 155 Å². The second-order valence-electron chi connectivity index (χ2n) is 6.14. The molecule has 1 aromatic heterocycles. The van der Waals surface area contributed by atoms with Crippen LogP contribution in [-0.4, -0.2) is 35.6 Å². The summed E-state index contributed by atoms with van der Waals surface area (Å²) in [6.45, 7) is 0.475. The summed E-state index contributed by atoms with van der Waals surface area (Å²) in [6.07, 6.45) is 1.52. The molecule has 0 fully saturated rings. The van der Waals surface area contributed by atoms with E-state index in [2.05, 4.69) is 5.10 Å². The lowest BCUT2D eigenvalue weighted by molar-refractivity contribution is 0.170. The number of benzene rings is 2. The molecule has 2 aromatic carbocycles. The minimum Gasteiger partial charge on any atom is -0.493 e. The first-order valence-electron chi connectivity index (χ1n) is 8.47.